The second-order valence-electron chi connectivity index (χ2n) is 7.87. The van der Waals surface area contributed by atoms with Crippen molar-refractivity contribution in [3.05, 3.63) is 36.8 Å². The molecule has 5 nitrogen and oxygen atoms in total. The fraction of sp³-hybridized carbons (Fsp3) is 0.579. The van der Waals surface area contributed by atoms with E-state index >= 15 is 0 Å². The van der Waals surface area contributed by atoms with E-state index in [1.807, 2.05) is 18.5 Å². The number of hydrogen-bond donors (Lipinski definition) is 0. The molecular formula is C19H29N5. The predicted octanol–water partition coefficient (Wildman–Crippen LogP) is 2.96. The number of rotatable bonds is 5. The summed E-state index contributed by atoms with van der Waals surface area (Å²) in [6.07, 6.45) is 6.85. The van der Waals surface area contributed by atoms with Gasteiger partial charge in [-0.05, 0) is 36.6 Å². The van der Waals surface area contributed by atoms with Crippen LogP contribution in [0.4, 0.5) is 0 Å². The Kier molecular flexibility index (Phi) is 5.31. The van der Waals surface area contributed by atoms with Crippen molar-refractivity contribution in [3.8, 4) is 11.3 Å². The van der Waals surface area contributed by atoms with Crippen molar-refractivity contribution < 1.29 is 0 Å². The summed E-state index contributed by atoms with van der Waals surface area (Å²) in [5.41, 5.74) is 2.68. The average Bonchev–Trinajstić information content (AvgIpc) is 3.02. The van der Waals surface area contributed by atoms with Crippen LogP contribution in [-0.2, 0) is 6.67 Å². The van der Waals surface area contributed by atoms with Crippen LogP contribution in [-0.4, -0.2) is 57.3 Å². The van der Waals surface area contributed by atoms with Gasteiger partial charge in [0.1, 0.15) is 0 Å². The molecule has 1 aliphatic heterocycles. The second kappa shape index (κ2) is 7.45. The van der Waals surface area contributed by atoms with E-state index in [0.29, 0.717) is 5.41 Å². The maximum absolute atomic E-state index is 4.51. The second-order valence-corrected chi connectivity index (χ2v) is 7.87. The third-order valence-corrected chi connectivity index (χ3v) is 4.65. The lowest BCUT2D eigenvalue weighted by Gasteiger charge is -2.36. The molecule has 1 fully saturated rings. The smallest absolute Gasteiger partial charge is 0.0936 e. The van der Waals surface area contributed by atoms with E-state index in [1.165, 1.54) is 13.0 Å². The van der Waals surface area contributed by atoms with Crippen LogP contribution >= 0.6 is 0 Å². The molecule has 0 aromatic carbocycles. The first-order valence-electron chi connectivity index (χ1n) is 8.88. The Hall–Kier alpha value is -1.72. The molecule has 0 atom stereocenters. The maximum atomic E-state index is 4.51. The largest absolute Gasteiger partial charge is 0.301 e. The van der Waals surface area contributed by atoms with Gasteiger partial charge < -0.3 is 4.90 Å². The molecule has 2 aromatic rings. The third kappa shape index (κ3) is 4.65. The van der Waals surface area contributed by atoms with E-state index in [1.54, 1.807) is 6.20 Å². The molecule has 0 saturated carbocycles. The van der Waals surface area contributed by atoms with Crippen LogP contribution in [0.1, 0.15) is 27.2 Å². The quantitative estimate of drug-likeness (QED) is 0.846. The number of aromatic nitrogens is 3. The van der Waals surface area contributed by atoms with Crippen LogP contribution in [0.3, 0.4) is 0 Å². The molecule has 0 amide bonds. The molecule has 1 saturated heterocycles. The highest BCUT2D eigenvalue weighted by molar-refractivity contribution is 5.57. The Morgan fingerprint density at radius 1 is 1.00 bits per heavy atom. The Labute approximate surface area is 145 Å². The van der Waals surface area contributed by atoms with E-state index < -0.39 is 0 Å². The third-order valence-electron chi connectivity index (χ3n) is 4.65. The van der Waals surface area contributed by atoms with E-state index in [4.69, 9.17) is 0 Å². The van der Waals surface area contributed by atoms with Crippen LogP contribution in [0.2, 0.25) is 0 Å². The van der Waals surface area contributed by atoms with Gasteiger partial charge in [-0.15, -0.1) is 0 Å². The molecule has 0 bridgehead atoms. The lowest BCUT2D eigenvalue weighted by atomic mass is 9.92. The van der Waals surface area contributed by atoms with E-state index in [2.05, 4.69) is 57.5 Å². The zero-order chi connectivity index (χ0) is 17.0. The highest BCUT2D eigenvalue weighted by Gasteiger charge is 2.20. The molecule has 0 N–H and O–H groups in total. The van der Waals surface area contributed by atoms with Gasteiger partial charge in [-0.25, -0.2) is 0 Å². The van der Waals surface area contributed by atoms with Gasteiger partial charge >= 0.3 is 0 Å². The normalized spacial score (nSPS) is 17.3. The zero-order valence-electron chi connectivity index (χ0n) is 15.1. The molecule has 5 heteroatoms. The fourth-order valence-corrected chi connectivity index (χ4v) is 3.04. The maximum Gasteiger partial charge on any atom is 0.0936 e. The Morgan fingerprint density at radius 3 is 2.42 bits per heavy atom. The molecule has 0 unspecified atom stereocenters. The summed E-state index contributed by atoms with van der Waals surface area (Å²) in [5, 5.41) is 4.51. The van der Waals surface area contributed by atoms with Gasteiger partial charge in [-0.3, -0.25) is 14.6 Å². The molecule has 130 valence electrons. The van der Waals surface area contributed by atoms with Gasteiger partial charge in [0.05, 0.1) is 12.4 Å². The summed E-state index contributed by atoms with van der Waals surface area (Å²) < 4.78 is 2.09. The molecule has 0 radical (unpaired) electrons. The Balaban J connectivity index is 1.53. The van der Waals surface area contributed by atoms with Gasteiger partial charge in [0, 0.05) is 50.3 Å². The highest BCUT2D eigenvalue weighted by Crippen LogP contribution is 2.20. The SMILES string of the molecule is CC(C)(C)CCN1CCN(Cn2nccc2-c2cccnc2)CC1. The first kappa shape index (κ1) is 17.1. The standard InChI is InChI=1S/C19H29N5/c1-19(2,3)7-10-22-11-13-23(14-12-22)16-24-18(6-9-21-24)17-5-4-8-20-15-17/h4-6,8-9,15H,7,10-14,16H2,1-3H3. The van der Waals surface area contributed by atoms with Crippen LogP contribution in [0.25, 0.3) is 11.3 Å². The van der Waals surface area contributed by atoms with Gasteiger partial charge in [-0.2, -0.15) is 5.10 Å². The van der Waals surface area contributed by atoms with Gasteiger partial charge in [0.25, 0.3) is 0 Å². The highest BCUT2D eigenvalue weighted by atomic mass is 15.4. The first-order valence-corrected chi connectivity index (χ1v) is 8.88. The van der Waals surface area contributed by atoms with Crippen LogP contribution < -0.4 is 0 Å². The summed E-state index contributed by atoms with van der Waals surface area (Å²) in [5.74, 6) is 0. The van der Waals surface area contributed by atoms with Crippen molar-refractivity contribution in [3.63, 3.8) is 0 Å². The number of nitrogens with zero attached hydrogens (tertiary/aromatic N) is 5. The number of pyridine rings is 1. The van der Waals surface area contributed by atoms with E-state index in [0.717, 1.165) is 44.1 Å². The molecule has 2 aromatic heterocycles. The molecule has 3 heterocycles. The number of piperazine rings is 1. The van der Waals surface area contributed by atoms with Crippen LogP contribution in [0.15, 0.2) is 36.8 Å². The van der Waals surface area contributed by atoms with E-state index in [-0.39, 0.29) is 0 Å². The van der Waals surface area contributed by atoms with Gasteiger partial charge in [0.2, 0.25) is 0 Å². The van der Waals surface area contributed by atoms with Crippen molar-refractivity contribution in [2.75, 3.05) is 32.7 Å². The molecule has 24 heavy (non-hydrogen) atoms. The first-order chi connectivity index (χ1) is 11.5. The molecular weight excluding hydrogens is 298 g/mol. The minimum Gasteiger partial charge on any atom is -0.301 e. The van der Waals surface area contributed by atoms with Crippen molar-refractivity contribution in [2.45, 2.75) is 33.9 Å². The number of hydrogen-bond acceptors (Lipinski definition) is 4. The minimum atomic E-state index is 0.421. The molecule has 0 aliphatic carbocycles. The average molecular weight is 327 g/mol. The zero-order valence-corrected chi connectivity index (χ0v) is 15.1. The predicted molar refractivity (Wildman–Crippen MR) is 97.5 cm³/mol. The minimum absolute atomic E-state index is 0.421. The summed E-state index contributed by atoms with van der Waals surface area (Å²) in [6.45, 7) is 13.5. The molecule has 3 rings (SSSR count). The Morgan fingerprint density at radius 2 is 1.75 bits per heavy atom. The monoisotopic (exact) mass is 327 g/mol. The summed E-state index contributed by atoms with van der Waals surface area (Å²) in [4.78, 5) is 9.29. The van der Waals surface area contributed by atoms with Crippen LogP contribution in [0, 0.1) is 5.41 Å². The van der Waals surface area contributed by atoms with Crippen molar-refractivity contribution in [1.82, 2.24) is 24.6 Å². The molecule has 0 spiro atoms. The van der Waals surface area contributed by atoms with Gasteiger partial charge in [0.15, 0.2) is 0 Å². The molecule has 1 aliphatic rings. The van der Waals surface area contributed by atoms with Crippen molar-refractivity contribution >= 4 is 0 Å². The van der Waals surface area contributed by atoms with Gasteiger partial charge in [-0.1, -0.05) is 20.8 Å². The summed E-state index contributed by atoms with van der Waals surface area (Å²) in [7, 11) is 0. The van der Waals surface area contributed by atoms with E-state index in [9.17, 15) is 0 Å². The van der Waals surface area contributed by atoms with Crippen molar-refractivity contribution in [2.24, 2.45) is 5.41 Å². The summed E-state index contributed by atoms with van der Waals surface area (Å²) in [6, 6.07) is 6.13. The lowest BCUT2D eigenvalue weighted by molar-refractivity contribution is 0.0959. The fourth-order valence-electron chi connectivity index (χ4n) is 3.04. The lowest BCUT2D eigenvalue weighted by Crippen LogP contribution is -2.47. The topological polar surface area (TPSA) is 37.2 Å². The summed E-state index contributed by atoms with van der Waals surface area (Å²) >= 11 is 0. The Bertz CT molecular complexity index is 621. The van der Waals surface area contributed by atoms with Crippen molar-refractivity contribution in [1.29, 1.82) is 0 Å². The van der Waals surface area contributed by atoms with Crippen LogP contribution in [0.5, 0.6) is 0 Å².